The van der Waals surface area contributed by atoms with Crippen molar-refractivity contribution < 1.29 is 14.7 Å². The second-order valence-corrected chi connectivity index (χ2v) is 6.34. The third-order valence-electron chi connectivity index (χ3n) is 3.76. The second kappa shape index (κ2) is 5.88. The lowest BCUT2D eigenvalue weighted by molar-refractivity contribution is -0.139. The number of amides is 1. The van der Waals surface area contributed by atoms with Gasteiger partial charge in [0.1, 0.15) is 16.7 Å². The first-order valence-electron chi connectivity index (χ1n) is 7.11. The maximum atomic E-state index is 12.2. The van der Waals surface area contributed by atoms with Gasteiger partial charge in [0.15, 0.2) is 0 Å². The molecular formula is C16H16N2O3S. The average molecular weight is 316 g/mol. The van der Waals surface area contributed by atoms with Crippen LogP contribution in [0.15, 0.2) is 29.6 Å². The molecule has 1 heterocycles. The van der Waals surface area contributed by atoms with Crippen molar-refractivity contribution in [1.29, 1.82) is 0 Å². The van der Waals surface area contributed by atoms with Gasteiger partial charge in [-0.05, 0) is 31.2 Å². The fourth-order valence-corrected chi connectivity index (χ4v) is 3.23. The molecule has 3 rings (SSSR count). The Morgan fingerprint density at radius 3 is 2.73 bits per heavy atom. The van der Waals surface area contributed by atoms with E-state index < -0.39 is 17.9 Å². The summed E-state index contributed by atoms with van der Waals surface area (Å²) >= 11 is 1.39. The molecule has 1 saturated carbocycles. The Labute approximate surface area is 132 Å². The molecule has 0 bridgehead atoms. The number of carboxylic acids is 1. The quantitative estimate of drug-likeness (QED) is 0.889. The molecule has 1 atom stereocenters. The van der Waals surface area contributed by atoms with Crippen LogP contribution < -0.4 is 5.32 Å². The smallest absolute Gasteiger partial charge is 0.326 e. The van der Waals surface area contributed by atoms with Crippen molar-refractivity contribution >= 4 is 23.2 Å². The van der Waals surface area contributed by atoms with Gasteiger partial charge in [-0.1, -0.05) is 24.3 Å². The Balaban J connectivity index is 1.77. The van der Waals surface area contributed by atoms with Gasteiger partial charge in [0, 0.05) is 10.9 Å². The van der Waals surface area contributed by atoms with Crippen LogP contribution in [0.2, 0.25) is 0 Å². The van der Waals surface area contributed by atoms with E-state index in [1.54, 1.807) is 5.38 Å². The maximum Gasteiger partial charge on any atom is 0.326 e. The predicted molar refractivity (Wildman–Crippen MR) is 83.9 cm³/mol. The summed E-state index contributed by atoms with van der Waals surface area (Å²) in [4.78, 5) is 27.7. The van der Waals surface area contributed by atoms with Crippen LogP contribution >= 0.6 is 11.3 Å². The number of aliphatic carboxylic acids is 1. The fraction of sp³-hybridized carbons (Fsp3) is 0.312. The van der Waals surface area contributed by atoms with Gasteiger partial charge < -0.3 is 10.4 Å². The van der Waals surface area contributed by atoms with Crippen molar-refractivity contribution in [2.45, 2.75) is 25.8 Å². The molecule has 1 aliphatic rings. The highest BCUT2D eigenvalue weighted by atomic mass is 32.1. The summed E-state index contributed by atoms with van der Waals surface area (Å²) in [6, 6.07) is 7.02. The van der Waals surface area contributed by atoms with Gasteiger partial charge in [0.2, 0.25) is 0 Å². The average Bonchev–Trinajstić information content (AvgIpc) is 3.21. The van der Waals surface area contributed by atoms with Crippen LogP contribution in [-0.2, 0) is 4.79 Å². The molecule has 1 fully saturated rings. The lowest BCUT2D eigenvalue weighted by Crippen LogP contribution is -2.42. The van der Waals surface area contributed by atoms with E-state index in [4.69, 9.17) is 5.11 Å². The van der Waals surface area contributed by atoms with Crippen molar-refractivity contribution in [3.05, 3.63) is 40.9 Å². The first-order chi connectivity index (χ1) is 10.6. The molecule has 0 aliphatic heterocycles. The normalized spacial score (nSPS) is 15.3. The monoisotopic (exact) mass is 316 g/mol. The third kappa shape index (κ3) is 3.01. The van der Waals surface area contributed by atoms with E-state index in [2.05, 4.69) is 10.3 Å². The summed E-state index contributed by atoms with van der Waals surface area (Å²) in [5.41, 5.74) is 2.35. The van der Waals surface area contributed by atoms with E-state index in [1.807, 2.05) is 31.2 Å². The molecule has 1 aliphatic carbocycles. The summed E-state index contributed by atoms with van der Waals surface area (Å²) < 4.78 is 0. The SMILES string of the molecule is Cc1ccccc1-c1nc(C(=O)NC(C(=O)O)C2CC2)cs1. The summed E-state index contributed by atoms with van der Waals surface area (Å²) in [5.74, 6) is -1.35. The van der Waals surface area contributed by atoms with Gasteiger partial charge in [-0.3, -0.25) is 4.79 Å². The van der Waals surface area contributed by atoms with Crippen LogP contribution in [0, 0.1) is 12.8 Å². The van der Waals surface area contributed by atoms with E-state index in [1.165, 1.54) is 11.3 Å². The highest BCUT2D eigenvalue weighted by molar-refractivity contribution is 7.13. The maximum absolute atomic E-state index is 12.2. The Hall–Kier alpha value is -2.21. The predicted octanol–water partition coefficient (Wildman–Crippen LogP) is 2.71. The van der Waals surface area contributed by atoms with E-state index in [0.717, 1.165) is 29.0 Å². The molecule has 22 heavy (non-hydrogen) atoms. The van der Waals surface area contributed by atoms with Gasteiger partial charge >= 0.3 is 5.97 Å². The summed E-state index contributed by atoms with van der Waals surface area (Å²) in [6.07, 6.45) is 1.70. The number of nitrogens with zero attached hydrogens (tertiary/aromatic N) is 1. The molecule has 0 radical (unpaired) electrons. The van der Waals surface area contributed by atoms with Crippen LogP contribution in [0.25, 0.3) is 10.6 Å². The number of benzene rings is 1. The number of nitrogens with one attached hydrogen (secondary N) is 1. The van der Waals surface area contributed by atoms with Crippen molar-refractivity contribution in [2.75, 3.05) is 0 Å². The molecule has 1 aromatic heterocycles. The van der Waals surface area contributed by atoms with Gasteiger partial charge in [-0.25, -0.2) is 9.78 Å². The van der Waals surface area contributed by atoms with E-state index in [-0.39, 0.29) is 11.6 Å². The number of hydrogen-bond donors (Lipinski definition) is 2. The molecule has 6 heteroatoms. The van der Waals surface area contributed by atoms with Gasteiger partial charge in [0.05, 0.1) is 0 Å². The van der Waals surface area contributed by atoms with Gasteiger partial charge in [0.25, 0.3) is 5.91 Å². The Bertz CT molecular complexity index is 722. The zero-order chi connectivity index (χ0) is 15.7. The van der Waals surface area contributed by atoms with Crippen molar-refractivity contribution in [3.8, 4) is 10.6 Å². The zero-order valence-corrected chi connectivity index (χ0v) is 12.9. The highest BCUT2D eigenvalue weighted by Gasteiger charge is 2.37. The van der Waals surface area contributed by atoms with E-state index in [9.17, 15) is 9.59 Å². The molecule has 0 saturated heterocycles. The first-order valence-corrected chi connectivity index (χ1v) is 7.99. The molecule has 2 aromatic rings. The second-order valence-electron chi connectivity index (χ2n) is 5.48. The third-order valence-corrected chi connectivity index (χ3v) is 4.63. The fourth-order valence-electron chi connectivity index (χ4n) is 2.34. The minimum Gasteiger partial charge on any atom is -0.480 e. The standard InChI is InChI=1S/C16H16N2O3S/c1-9-4-2-3-5-11(9)15-17-12(8-22-15)14(19)18-13(16(20)21)10-6-7-10/h2-5,8,10,13H,6-7H2,1H3,(H,18,19)(H,20,21). The van der Waals surface area contributed by atoms with Crippen LogP contribution in [0.5, 0.6) is 0 Å². The Morgan fingerprint density at radius 2 is 2.09 bits per heavy atom. The highest BCUT2D eigenvalue weighted by Crippen LogP contribution is 2.33. The zero-order valence-electron chi connectivity index (χ0n) is 12.1. The molecule has 114 valence electrons. The number of carbonyl (C=O) groups is 2. The molecule has 1 unspecified atom stereocenters. The summed E-state index contributed by atoms with van der Waals surface area (Å²) in [5, 5.41) is 14.2. The summed E-state index contributed by atoms with van der Waals surface area (Å²) in [6.45, 7) is 1.99. The summed E-state index contributed by atoms with van der Waals surface area (Å²) in [7, 11) is 0. The minimum atomic E-state index is -0.981. The molecular weight excluding hydrogens is 300 g/mol. The molecule has 0 spiro atoms. The van der Waals surface area contributed by atoms with Crippen LogP contribution in [-0.4, -0.2) is 28.0 Å². The first kappa shape index (κ1) is 14.7. The van der Waals surface area contributed by atoms with Crippen molar-refractivity contribution in [2.24, 2.45) is 5.92 Å². The number of carboxylic acid groups (broad SMARTS) is 1. The topological polar surface area (TPSA) is 79.3 Å². The largest absolute Gasteiger partial charge is 0.480 e. The Kier molecular flexibility index (Phi) is 3.94. The van der Waals surface area contributed by atoms with Crippen molar-refractivity contribution in [3.63, 3.8) is 0 Å². The van der Waals surface area contributed by atoms with Crippen molar-refractivity contribution in [1.82, 2.24) is 10.3 Å². The van der Waals surface area contributed by atoms with Crippen LogP contribution in [0.3, 0.4) is 0 Å². The molecule has 1 amide bonds. The minimum absolute atomic E-state index is 0.0518. The van der Waals surface area contributed by atoms with Crippen LogP contribution in [0.4, 0.5) is 0 Å². The van der Waals surface area contributed by atoms with Crippen LogP contribution in [0.1, 0.15) is 28.9 Å². The number of aryl methyl sites for hydroxylation is 1. The number of aromatic nitrogens is 1. The number of rotatable bonds is 5. The number of thiazole rings is 1. The van der Waals surface area contributed by atoms with Gasteiger partial charge in [-0.15, -0.1) is 11.3 Å². The Morgan fingerprint density at radius 1 is 1.36 bits per heavy atom. The molecule has 2 N–H and O–H groups in total. The van der Waals surface area contributed by atoms with E-state index >= 15 is 0 Å². The van der Waals surface area contributed by atoms with E-state index in [0.29, 0.717) is 0 Å². The van der Waals surface area contributed by atoms with Gasteiger partial charge in [-0.2, -0.15) is 0 Å². The lowest BCUT2D eigenvalue weighted by Gasteiger charge is -2.12. The molecule has 1 aromatic carbocycles. The number of hydrogen-bond acceptors (Lipinski definition) is 4. The lowest BCUT2D eigenvalue weighted by atomic mass is 10.1. The number of carbonyl (C=O) groups excluding carboxylic acids is 1. The molecule has 5 nitrogen and oxygen atoms in total.